The molecule has 1 rings (SSSR count). The summed E-state index contributed by atoms with van der Waals surface area (Å²) in [6.07, 6.45) is 1.66. The van der Waals surface area contributed by atoms with E-state index in [4.69, 9.17) is 0 Å². The zero-order valence-corrected chi connectivity index (χ0v) is 8.58. The van der Waals surface area contributed by atoms with Crippen LogP contribution in [0.3, 0.4) is 0 Å². The van der Waals surface area contributed by atoms with Crippen LogP contribution in [0.5, 0.6) is 0 Å². The van der Waals surface area contributed by atoms with Crippen molar-refractivity contribution in [1.29, 1.82) is 0 Å². The Morgan fingerprint density at radius 3 is 2.93 bits per heavy atom. The van der Waals surface area contributed by atoms with E-state index in [0.717, 1.165) is 12.1 Å². The number of hydrogen-bond acceptors (Lipinski definition) is 2. The Labute approximate surface area is 84.5 Å². The molecule has 0 saturated heterocycles. The van der Waals surface area contributed by atoms with Crippen LogP contribution in [0.4, 0.5) is 5.69 Å². The number of carbonyl (C=O) groups excluding carboxylic acids is 1. The number of benzene rings is 1. The van der Waals surface area contributed by atoms with Crippen LogP contribution in [0.1, 0.15) is 12.5 Å². The van der Waals surface area contributed by atoms with Crippen molar-refractivity contribution >= 4 is 12.1 Å². The van der Waals surface area contributed by atoms with E-state index in [0.29, 0.717) is 12.5 Å². The first-order valence-electron chi connectivity index (χ1n) is 4.72. The summed E-state index contributed by atoms with van der Waals surface area (Å²) in [4.78, 5) is 10.2. The highest BCUT2D eigenvalue weighted by Crippen LogP contribution is 2.11. The van der Waals surface area contributed by atoms with E-state index in [9.17, 15) is 4.79 Å². The molecule has 14 heavy (non-hydrogen) atoms. The van der Waals surface area contributed by atoms with Crippen molar-refractivity contribution in [2.24, 2.45) is 0 Å². The summed E-state index contributed by atoms with van der Waals surface area (Å²) in [6, 6.07) is 8.32. The van der Waals surface area contributed by atoms with Crippen molar-refractivity contribution in [3.8, 4) is 0 Å². The number of likely N-dealkylation sites (N-methyl/N-ethyl adjacent to an activating group) is 1. The molecule has 2 N–H and O–H groups in total. The molecule has 0 aliphatic carbocycles. The molecule has 1 aromatic rings. The average molecular weight is 192 g/mol. The predicted molar refractivity (Wildman–Crippen MR) is 58.4 cm³/mol. The van der Waals surface area contributed by atoms with Gasteiger partial charge in [0.2, 0.25) is 6.41 Å². The molecule has 1 unspecified atom stereocenters. The van der Waals surface area contributed by atoms with Gasteiger partial charge in [-0.3, -0.25) is 4.79 Å². The molecule has 0 fully saturated rings. The first kappa shape index (κ1) is 10.7. The lowest BCUT2D eigenvalue weighted by molar-refractivity contribution is -0.105. The molecular weight excluding hydrogens is 176 g/mol. The third-order valence-corrected chi connectivity index (χ3v) is 2.19. The Morgan fingerprint density at radius 1 is 1.50 bits per heavy atom. The van der Waals surface area contributed by atoms with E-state index < -0.39 is 0 Å². The van der Waals surface area contributed by atoms with Gasteiger partial charge >= 0.3 is 0 Å². The summed E-state index contributed by atoms with van der Waals surface area (Å²) in [5.41, 5.74) is 2.07. The van der Waals surface area contributed by atoms with Crippen molar-refractivity contribution < 1.29 is 4.79 Å². The number of rotatable bonds is 5. The van der Waals surface area contributed by atoms with Crippen molar-refractivity contribution in [3.05, 3.63) is 29.8 Å². The zero-order valence-electron chi connectivity index (χ0n) is 8.58. The highest BCUT2D eigenvalue weighted by atomic mass is 16.1. The number of hydrogen-bond donors (Lipinski definition) is 2. The SMILES string of the molecule is CNC(C)Cc1cccc(NC=O)c1. The van der Waals surface area contributed by atoms with Gasteiger partial charge in [-0.15, -0.1) is 0 Å². The second-order valence-electron chi connectivity index (χ2n) is 3.36. The lowest BCUT2D eigenvalue weighted by Gasteiger charge is -2.10. The van der Waals surface area contributed by atoms with Crippen LogP contribution >= 0.6 is 0 Å². The van der Waals surface area contributed by atoms with Crippen molar-refractivity contribution in [1.82, 2.24) is 5.32 Å². The van der Waals surface area contributed by atoms with Gasteiger partial charge in [0.1, 0.15) is 0 Å². The molecule has 0 spiro atoms. The first-order valence-corrected chi connectivity index (χ1v) is 4.72. The molecule has 0 aliphatic rings. The number of nitrogens with one attached hydrogen (secondary N) is 2. The Kier molecular flexibility index (Phi) is 4.13. The summed E-state index contributed by atoms with van der Waals surface area (Å²) in [5.74, 6) is 0. The maximum absolute atomic E-state index is 10.2. The van der Waals surface area contributed by atoms with E-state index >= 15 is 0 Å². The molecule has 1 amide bonds. The van der Waals surface area contributed by atoms with Gasteiger partial charge < -0.3 is 10.6 Å². The fourth-order valence-corrected chi connectivity index (χ4v) is 1.31. The van der Waals surface area contributed by atoms with Gasteiger partial charge in [-0.25, -0.2) is 0 Å². The van der Waals surface area contributed by atoms with Crippen LogP contribution < -0.4 is 10.6 Å². The number of anilines is 1. The first-order chi connectivity index (χ1) is 6.76. The van der Waals surface area contributed by atoms with Gasteiger partial charge in [0.15, 0.2) is 0 Å². The normalized spacial score (nSPS) is 12.1. The lowest BCUT2D eigenvalue weighted by Crippen LogP contribution is -2.23. The highest BCUT2D eigenvalue weighted by molar-refractivity contribution is 5.71. The molecule has 0 bridgehead atoms. The van der Waals surface area contributed by atoms with Crippen LogP contribution in [-0.4, -0.2) is 19.5 Å². The molecule has 0 aliphatic heterocycles. The third-order valence-electron chi connectivity index (χ3n) is 2.19. The summed E-state index contributed by atoms with van der Waals surface area (Å²) in [6.45, 7) is 2.12. The van der Waals surface area contributed by atoms with Crippen LogP contribution in [0.25, 0.3) is 0 Å². The summed E-state index contributed by atoms with van der Waals surface area (Å²) in [5, 5.41) is 5.81. The smallest absolute Gasteiger partial charge is 0.211 e. The molecule has 3 heteroatoms. The number of amides is 1. The minimum absolute atomic E-state index is 0.446. The fourth-order valence-electron chi connectivity index (χ4n) is 1.31. The topological polar surface area (TPSA) is 41.1 Å². The van der Waals surface area contributed by atoms with E-state index in [1.807, 2.05) is 25.2 Å². The second-order valence-corrected chi connectivity index (χ2v) is 3.36. The minimum Gasteiger partial charge on any atom is -0.329 e. The fraction of sp³-hybridized carbons (Fsp3) is 0.364. The Balaban J connectivity index is 2.67. The molecular formula is C11H16N2O. The van der Waals surface area contributed by atoms with E-state index in [1.54, 1.807) is 0 Å². The van der Waals surface area contributed by atoms with Gasteiger partial charge in [-0.1, -0.05) is 12.1 Å². The van der Waals surface area contributed by atoms with Gasteiger partial charge in [-0.05, 0) is 38.1 Å². The lowest BCUT2D eigenvalue weighted by atomic mass is 10.1. The minimum atomic E-state index is 0.446. The Morgan fingerprint density at radius 2 is 2.29 bits per heavy atom. The van der Waals surface area contributed by atoms with E-state index in [-0.39, 0.29) is 0 Å². The molecule has 3 nitrogen and oxygen atoms in total. The standard InChI is InChI=1S/C11H16N2O/c1-9(12-2)6-10-4-3-5-11(7-10)13-8-14/h3-5,7-9,12H,6H2,1-2H3,(H,13,14). The van der Waals surface area contributed by atoms with Gasteiger partial charge in [0, 0.05) is 11.7 Å². The van der Waals surface area contributed by atoms with Gasteiger partial charge in [0.25, 0.3) is 0 Å². The summed E-state index contributed by atoms with van der Waals surface area (Å²) >= 11 is 0. The molecule has 0 aromatic heterocycles. The quantitative estimate of drug-likeness (QED) is 0.692. The van der Waals surface area contributed by atoms with Crippen LogP contribution in [0.2, 0.25) is 0 Å². The maximum Gasteiger partial charge on any atom is 0.211 e. The van der Waals surface area contributed by atoms with Gasteiger partial charge in [-0.2, -0.15) is 0 Å². The molecule has 1 atom stereocenters. The second kappa shape index (κ2) is 5.40. The third kappa shape index (κ3) is 3.18. The maximum atomic E-state index is 10.2. The Bertz CT molecular complexity index is 299. The molecule has 0 saturated carbocycles. The van der Waals surface area contributed by atoms with Gasteiger partial charge in [0.05, 0.1) is 0 Å². The van der Waals surface area contributed by atoms with Crippen molar-refractivity contribution in [2.45, 2.75) is 19.4 Å². The molecule has 0 radical (unpaired) electrons. The Hall–Kier alpha value is -1.35. The van der Waals surface area contributed by atoms with Crippen molar-refractivity contribution in [2.75, 3.05) is 12.4 Å². The number of carbonyl (C=O) groups is 1. The van der Waals surface area contributed by atoms with Crippen LogP contribution in [-0.2, 0) is 11.2 Å². The average Bonchev–Trinajstić information content (AvgIpc) is 2.19. The predicted octanol–water partition coefficient (Wildman–Crippen LogP) is 1.41. The summed E-state index contributed by atoms with van der Waals surface area (Å²) in [7, 11) is 1.94. The van der Waals surface area contributed by atoms with Crippen molar-refractivity contribution in [3.63, 3.8) is 0 Å². The van der Waals surface area contributed by atoms with Crippen LogP contribution in [0.15, 0.2) is 24.3 Å². The van der Waals surface area contributed by atoms with E-state index in [2.05, 4.69) is 23.6 Å². The largest absolute Gasteiger partial charge is 0.329 e. The molecule has 76 valence electrons. The highest BCUT2D eigenvalue weighted by Gasteiger charge is 2.00. The monoisotopic (exact) mass is 192 g/mol. The summed E-state index contributed by atoms with van der Waals surface area (Å²) < 4.78 is 0. The molecule has 0 heterocycles. The van der Waals surface area contributed by atoms with Crippen LogP contribution in [0, 0.1) is 0 Å². The van der Waals surface area contributed by atoms with E-state index in [1.165, 1.54) is 5.56 Å². The zero-order chi connectivity index (χ0) is 10.4. The molecule has 1 aromatic carbocycles.